The molecule has 0 fully saturated rings. The molecule has 1 heterocycles. The van der Waals surface area contributed by atoms with Crippen LogP contribution in [0.25, 0.3) is 0 Å². The van der Waals surface area contributed by atoms with E-state index in [0.717, 1.165) is 18.5 Å². The van der Waals surface area contributed by atoms with Crippen LogP contribution in [-0.4, -0.2) is 17.5 Å². The van der Waals surface area contributed by atoms with Gasteiger partial charge < -0.3 is 10.3 Å². The van der Waals surface area contributed by atoms with Crippen molar-refractivity contribution in [1.82, 2.24) is 5.16 Å². The third-order valence-corrected chi connectivity index (χ3v) is 2.30. The van der Waals surface area contributed by atoms with Gasteiger partial charge in [0.1, 0.15) is 5.76 Å². The van der Waals surface area contributed by atoms with Crippen LogP contribution < -0.4 is 5.73 Å². The molecule has 4 nitrogen and oxygen atoms in total. The summed E-state index contributed by atoms with van der Waals surface area (Å²) in [4.78, 5) is 11.5. The maximum Gasteiger partial charge on any atom is 0.168 e. The van der Waals surface area contributed by atoms with Crippen LogP contribution in [-0.2, 0) is 12.8 Å². The van der Waals surface area contributed by atoms with Crippen LogP contribution in [0.2, 0.25) is 0 Å². The maximum absolute atomic E-state index is 11.5. The third-order valence-electron chi connectivity index (χ3n) is 2.30. The van der Waals surface area contributed by atoms with Crippen molar-refractivity contribution in [3.8, 4) is 0 Å². The number of fused-ring (bicyclic) bond motifs is 1. The number of ketones is 1. The summed E-state index contributed by atoms with van der Waals surface area (Å²) >= 11 is 0. The van der Waals surface area contributed by atoms with Gasteiger partial charge in [-0.1, -0.05) is 5.16 Å². The first kappa shape index (κ1) is 8.44. The Morgan fingerprint density at radius 2 is 2.31 bits per heavy atom. The van der Waals surface area contributed by atoms with Crippen LogP contribution in [0, 0.1) is 0 Å². The molecule has 1 aromatic rings. The van der Waals surface area contributed by atoms with E-state index in [2.05, 4.69) is 5.16 Å². The maximum atomic E-state index is 11.5. The number of aryl methyl sites for hydroxylation is 1. The molecule has 0 saturated heterocycles. The van der Waals surface area contributed by atoms with Crippen molar-refractivity contribution in [1.29, 1.82) is 0 Å². The first-order valence-corrected chi connectivity index (χ1v) is 4.53. The molecular weight excluding hydrogens is 168 g/mol. The highest BCUT2D eigenvalue weighted by molar-refractivity contribution is 5.98. The largest absolute Gasteiger partial charge is 0.360 e. The summed E-state index contributed by atoms with van der Waals surface area (Å²) in [6.45, 7) is 0.495. The average molecular weight is 180 g/mol. The van der Waals surface area contributed by atoms with Gasteiger partial charge in [0.2, 0.25) is 0 Å². The summed E-state index contributed by atoms with van der Waals surface area (Å²) < 4.78 is 5.08. The molecule has 0 aliphatic heterocycles. The van der Waals surface area contributed by atoms with Crippen molar-refractivity contribution in [2.24, 2.45) is 5.73 Å². The van der Waals surface area contributed by atoms with Crippen LogP contribution in [0.4, 0.5) is 0 Å². The predicted octanol–water partition coefficient (Wildman–Crippen LogP) is 0.695. The first-order chi connectivity index (χ1) is 6.33. The second-order valence-corrected chi connectivity index (χ2v) is 3.24. The predicted molar refractivity (Wildman–Crippen MR) is 46.5 cm³/mol. The van der Waals surface area contributed by atoms with Gasteiger partial charge in [-0.3, -0.25) is 4.79 Å². The van der Waals surface area contributed by atoms with Crippen LogP contribution in [0.1, 0.15) is 34.7 Å². The Bertz CT molecular complexity index is 330. The van der Waals surface area contributed by atoms with Crippen molar-refractivity contribution >= 4 is 5.78 Å². The fraction of sp³-hybridized carbons (Fsp3) is 0.556. The number of carbonyl (C=O) groups excluding carboxylic acids is 1. The zero-order valence-electron chi connectivity index (χ0n) is 7.38. The molecule has 0 atom stereocenters. The van der Waals surface area contributed by atoms with E-state index in [1.165, 1.54) is 0 Å². The summed E-state index contributed by atoms with van der Waals surface area (Å²) in [7, 11) is 0. The lowest BCUT2D eigenvalue weighted by atomic mass is 9.94. The number of aromatic nitrogens is 1. The third kappa shape index (κ3) is 1.37. The summed E-state index contributed by atoms with van der Waals surface area (Å²) in [5.74, 6) is 0.827. The van der Waals surface area contributed by atoms with Crippen molar-refractivity contribution in [3.05, 3.63) is 17.0 Å². The van der Waals surface area contributed by atoms with Gasteiger partial charge in [0.25, 0.3) is 0 Å². The lowest BCUT2D eigenvalue weighted by molar-refractivity contribution is 0.0971. The van der Waals surface area contributed by atoms with E-state index in [-0.39, 0.29) is 5.78 Å². The second kappa shape index (κ2) is 3.30. The fourth-order valence-electron chi connectivity index (χ4n) is 1.69. The SMILES string of the molecule is NCCc1onc2c1C(=O)CCC2. The van der Waals surface area contributed by atoms with Crippen LogP contribution in [0.5, 0.6) is 0 Å². The van der Waals surface area contributed by atoms with Crippen LogP contribution in [0.3, 0.4) is 0 Å². The van der Waals surface area contributed by atoms with Gasteiger partial charge in [-0.2, -0.15) is 0 Å². The Kier molecular flexibility index (Phi) is 2.14. The standard InChI is InChI=1S/C9H12N2O2/c10-5-4-8-9-6(11-13-8)2-1-3-7(9)12/h1-5,10H2. The summed E-state index contributed by atoms with van der Waals surface area (Å²) in [5, 5.41) is 3.87. The van der Waals surface area contributed by atoms with E-state index >= 15 is 0 Å². The van der Waals surface area contributed by atoms with E-state index < -0.39 is 0 Å². The molecule has 1 aliphatic rings. The second-order valence-electron chi connectivity index (χ2n) is 3.24. The topological polar surface area (TPSA) is 69.1 Å². The van der Waals surface area contributed by atoms with Gasteiger partial charge in [0, 0.05) is 12.8 Å². The first-order valence-electron chi connectivity index (χ1n) is 4.53. The Morgan fingerprint density at radius 3 is 3.08 bits per heavy atom. The zero-order valence-corrected chi connectivity index (χ0v) is 7.38. The minimum absolute atomic E-state index is 0.158. The Labute approximate surface area is 76.1 Å². The van der Waals surface area contributed by atoms with Crippen molar-refractivity contribution < 1.29 is 9.32 Å². The number of hydrogen-bond acceptors (Lipinski definition) is 4. The van der Waals surface area contributed by atoms with Gasteiger partial charge in [-0.05, 0) is 19.4 Å². The highest BCUT2D eigenvalue weighted by atomic mass is 16.5. The number of rotatable bonds is 2. The lowest BCUT2D eigenvalue weighted by Gasteiger charge is -2.07. The molecule has 0 saturated carbocycles. The molecule has 0 aromatic carbocycles. The molecule has 2 N–H and O–H groups in total. The minimum atomic E-state index is 0.158. The van der Waals surface area contributed by atoms with Crippen molar-refractivity contribution in [3.63, 3.8) is 0 Å². The van der Waals surface area contributed by atoms with Gasteiger partial charge >= 0.3 is 0 Å². The molecule has 0 spiro atoms. The van der Waals surface area contributed by atoms with Crippen molar-refractivity contribution in [2.75, 3.05) is 6.54 Å². The number of Topliss-reactive ketones (excluding diaryl/α,β-unsaturated/α-hetero) is 1. The van der Waals surface area contributed by atoms with Crippen LogP contribution >= 0.6 is 0 Å². The Hall–Kier alpha value is -1.16. The summed E-state index contributed by atoms with van der Waals surface area (Å²) in [6, 6.07) is 0. The minimum Gasteiger partial charge on any atom is -0.360 e. The van der Waals surface area contributed by atoms with E-state index in [9.17, 15) is 4.79 Å². The summed E-state index contributed by atoms with van der Waals surface area (Å²) in [5.41, 5.74) is 6.92. The molecule has 0 radical (unpaired) electrons. The smallest absolute Gasteiger partial charge is 0.168 e. The van der Waals surface area contributed by atoms with Gasteiger partial charge in [-0.25, -0.2) is 0 Å². The Morgan fingerprint density at radius 1 is 1.46 bits per heavy atom. The fourth-order valence-corrected chi connectivity index (χ4v) is 1.69. The lowest BCUT2D eigenvalue weighted by Crippen LogP contribution is -2.12. The van der Waals surface area contributed by atoms with Crippen LogP contribution in [0.15, 0.2) is 4.52 Å². The molecule has 70 valence electrons. The van der Waals surface area contributed by atoms with Crippen molar-refractivity contribution in [2.45, 2.75) is 25.7 Å². The normalized spacial score (nSPS) is 15.9. The number of hydrogen-bond donors (Lipinski definition) is 1. The number of carbonyl (C=O) groups is 1. The molecule has 4 heteroatoms. The molecule has 0 unspecified atom stereocenters. The average Bonchev–Trinajstić information content (AvgIpc) is 2.51. The molecule has 0 bridgehead atoms. The quantitative estimate of drug-likeness (QED) is 0.727. The Balaban J connectivity index is 2.38. The molecular formula is C9H12N2O2. The van der Waals surface area contributed by atoms with Gasteiger partial charge in [-0.15, -0.1) is 0 Å². The molecule has 1 aliphatic carbocycles. The van der Waals surface area contributed by atoms with Gasteiger partial charge in [0.15, 0.2) is 5.78 Å². The zero-order chi connectivity index (χ0) is 9.26. The molecule has 13 heavy (non-hydrogen) atoms. The highest BCUT2D eigenvalue weighted by Gasteiger charge is 2.25. The van der Waals surface area contributed by atoms with E-state index in [0.29, 0.717) is 30.7 Å². The summed E-state index contributed by atoms with van der Waals surface area (Å²) in [6.07, 6.45) is 2.97. The molecule has 1 aromatic heterocycles. The molecule has 0 amide bonds. The van der Waals surface area contributed by atoms with E-state index in [1.54, 1.807) is 0 Å². The van der Waals surface area contributed by atoms with Gasteiger partial charge in [0.05, 0.1) is 11.3 Å². The monoisotopic (exact) mass is 180 g/mol. The van der Waals surface area contributed by atoms with E-state index in [4.69, 9.17) is 10.3 Å². The molecule has 2 rings (SSSR count). The van der Waals surface area contributed by atoms with E-state index in [1.807, 2.05) is 0 Å². The number of nitrogens with two attached hydrogens (primary N) is 1. The number of nitrogens with zero attached hydrogens (tertiary/aromatic N) is 1. The highest BCUT2D eigenvalue weighted by Crippen LogP contribution is 2.23.